The van der Waals surface area contributed by atoms with Gasteiger partial charge in [0.05, 0.1) is 11.5 Å². The molecular formula is C15H17F3N2O3S. The summed E-state index contributed by atoms with van der Waals surface area (Å²) < 4.78 is 63.4. The van der Waals surface area contributed by atoms with Crippen LogP contribution in [0.1, 0.15) is 30.7 Å². The Labute approximate surface area is 137 Å². The molecule has 1 aliphatic carbocycles. The quantitative estimate of drug-likeness (QED) is 0.890. The molecule has 9 heteroatoms. The topological polar surface area (TPSA) is 76.1 Å². The van der Waals surface area contributed by atoms with Gasteiger partial charge >= 0.3 is 6.18 Å². The van der Waals surface area contributed by atoms with Gasteiger partial charge in [0.25, 0.3) is 0 Å². The Morgan fingerprint density at radius 2 is 1.96 bits per heavy atom. The molecule has 1 aromatic heterocycles. The lowest BCUT2D eigenvalue weighted by Gasteiger charge is -2.39. The van der Waals surface area contributed by atoms with E-state index in [1.165, 1.54) is 0 Å². The third-order valence-electron chi connectivity index (χ3n) is 4.82. The molecule has 0 aromatic carbocycles. The first-order valence-corrected chi connectivity index (χ1v) is 9.45. The van der Waals surface area contributed by atoms with E-state index >= 15 is 0 Å². The van der Waals surface area contributed by atoms with Crippen molar-refractivity contribution in [2.24, 2.45) is 5.92 Å². The maximum absolute atomic E-state index is 13.5. The summed E-state index contributed by atoms with van der Waals surface area (Å²) in [6, 6.07) is 3.50. The van der Waals surface area contributed by atoms with E-state index < -0.39 is 57.7 Å². The fraction of sp³-hybridized carbons (Fsp3) is 0.600. The van der Waals surface area contributed by atoms with Gasteiger partial charge in [-0.05, 0) is 36.8 Å². The van der Waals surface area contributed by atoms with Crippen LogP contribution in [0.4, 0.5) is 13.2 Å². The third-order valence-corrected chi connectivity index (χ3v) is 6.48. The van der Waals surface area contributed by atoms with Crippen LogP contribution in [-0.2, 0) is 14.6 Å². The number of alkyl halides is 3. The average Bonchev–Trinajstić information content (AvgIpc) is 3.30. The van der Waals surface area contributed by atoms with Crippen molar-refractivity contribution in [1.82, 2.24) is 10.3 Å². The molecule has 1 saturated heterocycles. The number of halogens is 3. The van der Waals surface area contributed by atoms with Crippen molar-refractivity contribution in [3.8, 4) is 0 Å². The summed E-state index contributed by atoms with van der Waals surface area (Å²) >= 11 is 0. The predicted molar refractivity (Wildman–Crippen MR) is 79.9 cm³/mol. The Hall–Kier alpha value is -1.64. The Morgan fingerprint density at radius 3 is 2.50 bits per heavy atom. The molecule has 1 N–H and O–H groups in total. The van der Waals surface area contributed by atoms with Gasteiger partial charge in [0.15, 0.2) is 9.84 Å². The third kappa shape index (κ3) is 3.26. The van der Waals surface area contributed by atoms with Crippen molar-refractivity contribution in [1.29, 1.82) is 0 Å². The lowest BCUT2D eigenvalue weighted by atomic mass is 9.91. The van der Waals surface area contributed by atoms with Gasteiger partial charge in [0.2, 0.25) is 5.91 Å². The first kappa shape index (κ1) is 17.2. The summed E-state index contributed by atoms with van der Waals surface area (Å²) in [5.74, 6) is -2.45. The molecule has 0 bridgehead atoms. The highest BCUT2D eigenvalue weighted by atomic mass is 32.2. The highest BCUT2D eigenvalue weighted by Gasteiger charge is 2.59. The number of nitrogens with one attached hydrogen (secondary N) is 1. The lowest BCUT2D eigenvalue weighted by Crippen LogP contribution is -2.62. The molecule has 1 aliphatic heterocycles. The van der Waals surface area contributed by atoms with E-state index in [2.05, 4.69) is 10.3 Å². The van der Waals surface area contributed by atoms with Crippen LogP contribution in [0.2, 0.25) is 0 Å². The van der Waals surface area contributed by atoms with Gasteiger partial charge in [-0.15, -0.1) is 0 Å². The molecular weight excluding hydrogens is 345 g/mol. The van der Waals surface area contributed by atoms with E-state index in [4.69, 9.17) is 0 Å². The fourth-order valence-corrected chi connectivity index (χ4v) is 4.67. The van der Waals surface area contributed by atoms with Crippen LogP contribution < -0.4 is 5.32 Å². The van der Waals surface area contributed by atoms with Crippen LogP contribution in [0, 0.1) is 5.92 Å². The zero-order chi connectivity index (χ0) is 17.6. The molecule has 2 aliphatic rings. The summed E-state index contributed by atoms with van der Waals surface area (Å²) in [6.45, 7) is 0. The number of hydrogen-bond donors (Lipinski definition) is 1. The standard InChI is InChI=1S/C15H17F3N2O3S/c16-15(17,18)14(3-6-24(22,23)7-4-14)20-13(21)12-8-11(12)10-2-1-5-19-9-10/h1-2,5,9,11-12H,3-4,6-8H2,(H,20,21)/t11-,12+/m0/s1. The van der Waals surface area contributed by atoms with Crippen LogP contribution in [0.5, 0.6) is 0 Å². The van der Waals surface area contributed by atoms with E-state index in [-0.39, 0.29) is 5.92 Å². The highest BCUT2D eigenvalue weighted by Crippen LogP contribution is 2.48. The molecule has 1 amide bonds. The van der Waals surface area contributed by atoms with E-state index in [0.29, 0.717) is 6.42 Å². The maximum atomic E-state index is 13.5. The van der Waals surface area contributed by atoms with Gasteiger partial charge in [-0.2, -0.15) is 13.2 Å². The first-order chi connectivity index (χ1) is 11.1. The minimum Gasteiger partial charge on any atom is -0.342 e. The molecule has 2 fully saturated rings. The van der Waals surface area contributed by atoms with E-state index in [1.54, 1.807) is 24.5 Å². The van der Waals surface area contributed by atoms with E-state index in [9.17, 15) is 26.4 Å². The van der Waals surface area contributed by atoms with Crippen molar-refractivity contribution in [2.75, 3.05) is 11.5 Å². The van der Waals surface area contributed by atoms with Gasteiger partial charge in [0, 0.05) is 18.3 Å². The van der Waals surface area contributed by atoms with Crippen LogP contribution in [0.15, 0.2) is 24.5 Å². The molecule has 24 heavy (non-hydrogen) atoms. The molecule has 0 radical (unpaired) electrons. The predicted octanol–water partition coefficient (Wildman–Crippen LogP) is 1.81. The Morgan fingerprint density at radius 1 is 1.29 bits per heavy atom. The zero-order valence-electron chi connectivity index (χ0n) is 12.7. The molecule has 2 heterocycles. The van der Waals surface area contributed by atoms with Gasteiger partial charge in [-0.3, -0.25) is 9.78 Å². The van der Waals surface area contributed by atoms with Crippen LogP contribution >= 0.6 is 0 Å². The highest BCUT2D eigenvalue weighted by molar-refractivity contribution is 7.91. The molecule has 1 saturated carbocycles. The van der Waals surface area contributed by atoms with E-state index in [1.807, 2.05) is 0 Å². The smallest absolute Gasteiger partial charge is 0.342 e. The first-order valence-electron chi connectivity index (χ1n) is 7.63. The molecule has 3 rings (SSSR count). The number of carbonyl (C=O) groups excluding carboxylic acids is 1. The molecule has 1 aromatic rings. The molecule has 2 atom stereocenters. The van der Waals surface area contributed by atoms with Crippen LogP contribution in [0.3, 0.4) is 0 Å². The Bertz CT molecular complexity index is 720. The summed E-state index contributed by atoms with van der Waals surface area (Å²) in [7, 11) is -3.47. The van der Waals surface area contributed by atoms with Crippen molar-refractivity contribution in [3.63, 3.8) is 0 Å². The number of hydrogen-bond acceptors (Lipinski definition) is 4. The summed E-state index contributed by atoms with van der Waals surface area (Å²) in [4.78, 5) is 16.2. The monoisotopic (exact) mass is 362 g/mol. The second kappa shape index (κ2) is 5.72. The lowest BCUT2D eigenvalue weighted by molar-refractivity contribution is -0.201. The van der Waals surface area contributed by atoms with E-state index in [0.717, 1.165) is 5.56 Å². The SMILES string of the molecule is O=C(NC1(C(F)(F)F)CCS(=O)(=O)CC1)[C@@H]1C[C@H]1c1cccnc1. The van der Waals surface area contributed by atoms with Gasteiger partial charge in [-0.1, -0.05) is 6.07 Å². The van der Waals surface area contributed by atoms with Crippen LogP contribution in [-0.4, -0.2) is 42.5 Å². The average molecular weight is 362 g/mol. The number of carbonyl (C=O) groups is 1. The Kier molecular flexibility index (Phi) is 4.09. The molecule has 0 spiro atoms. The number of sulfone groups is 1. The minimum absolute atomic E-state index is 0.128. The number of amides is 1. The second-order valence-corrected chi connectivity index (χ2v) is 8.76. The maximum Gasteiger partial charge on any atom is 0.411 e. The number of rotatable bonds is 3. The normalized spacial score (nSPS) is 28.1. The van der Waals surface area contributed by atoms with Crippen molar-refractivity contribution >= 4 is 15.7 Å². The summed E-state index contributed by atoms with van der Waals surface area (Å²) in [6.07, 6.45) is -2.28. The van der Waals surface area contributed by atoms with Gasteiger partial charge in [-0.25, -0.2) is 8.42 Å². The Balaban J connectivity index is 1.72. The molecule has 132 valence electrons. The summed E-state index contributed by atoms with van der Waals surface area (Å²) in [5, 5.41) is 2.12. The number of aromatic nitrogens is 1. The minimum atomic E-state index is -4.68. The van der Waals surface area contributed by atoms with Gasteiger partial charge < -0.3 is 5.32 Å². The second-order valence-electron chi connectivity index (χ2n) is 6.46. The van der Waals surface area contributed by atoms with Crippen molar-refractivity contribution < 1.29 is 26.4 Å². The molecule has 5 nitrogen and oxygen atoms in total. The van der Waals surface area contributed by atoms with Crippen molar-refractivity contribution in [3.05, 3.63) is 30.1 Å². The molecule has 0 unspecified atom stereocenters. The van der Waals surface area contributed by atoms with Gasteiger partial charge in [0.1, 0.15) is 5.54 Å². The number of nitrogens with zero attached hydrogens (tertiary/aromatic N) is 1. The summed E-state index contributed by atoms with van der Waals surface area (Å²) in [5.41, 5.74) is -1.62. The largest absolute Gasteiger partial charge is 0.411 e. The number of pyridine rings is 1. The van der Waals surface area contributed by atoms with Crippen LogP contribution in [0.25, 0.3) is 0 Å². The zero-order valence-corrected chi connectivity index (χ0v) is 13.5. The fourth-order valence-electron chi connectivity index (χ4n) is 3.14. The van der Waals surface area contributed by atoms with Crippen molar-refractivity contribution in [2.45, 2.75) is 36.9 Å².